The molecule has 0 unspecified atom stereocenters. The summed E-state index contributed by atoms with van der Waals surface area (Å²) in [4.78, 5) is 12.3. The highest BCUT2D eigenvalue weighted by atomic mass is 32.2. The van der Waals surface area contributed by atoms with E-state index in [9.17, 15) is 4.79 Å². The minimum absolute atomic E-state index is 0.183. The maximum Gasteiger partial charge on any atom is 0.238 e. The highest BCUT2D eigenvalue weighted by Gasteiger charge is 2.02. The monoisotopic (exact) mass is 276 g/mol. The first kappa shape index (κ1) is 13.6. The molecule has 5 nitrogen and oxygen atoms in total. The summed E-state index contributed by atoms with van der Waals surface area (Å²) < 4.78 is 1.79. The molecule has 0 saturated heterocycles. The first-order valence-corrected chi connectivity index (χ1v) is 6.84. The van der Waals surface area contributed by atoms with Gasteiger partial charge in [-0.05, 0) is 11.1 Å². The van der Waals surface area contributed by atoms with Crippen molar-refractivity contribution in [3.05, 3.63) is 47.8 Å². The molecular formula is C13H16N4OS. The molecule has 2 aromatic rings. The Hall–Kier alpha value is -1.79. The van der Waals surface area contributed by atoms with Crippen LogP contribution in [0.5, 0.6) is 0 Å². The van der Waals surface area contributed by atoms with Crippen LogP contribution in [0, 0.1) is 0 Å². The standard InChI is InChI=1S/C13H16N4OS/c1-17-8-12(7-15-17)19-9-11-4-2-10(3-5-11)6-13(18)16-14/h2-5,7-8H,6,9,14H2,1H3,(H,16,18). The zero-order valence-electron chi connectivity index (χ0n) is 10.7. The van der Waals surface area contributed by atoms with Gasteiger partial charge in [-0.1, -0.05) is 24.3 Å². The maximum atomic E-state index is 11.1. The number of amides is 1. The lowest BCUT2D eigenvalue weighted by Crippen LogP contribution is -2.31. The topological polar surface area (TPSA) is 72.9 Å². The molecule has 2 rings (SSSR count). The number of carbonyl (C=O) groups excluding carboxylic acids is 1. The molecule has 0 bridgehead atoms. The predicted molar refractivity (Wildman–Crippen MR) is 75.2 cm³/mol. The van der Waals surface area contributed by atoms with E-state index in [2.05, 4.69) is 10.5 Å². The lowest BCUT2D eigenvalue weighted by molar-refractivity contribution is -0.120. The number of carbonyl (C=O) groups is 1. The van der Waals surface area contributed by atoms with Crippen LogP contribution in [0.2, 0.25) is 0 Å². The van der Waals surface area contributed by atoms with E-state index in [1.807, 2.05) is 43.7 Å². The molecule has 0 radical (unpaired) electrons. The lowest BCUT2D eigenvalue weighted by Gasteiger charge is -2.03. The van der Waals surface area contributed by atoms with E-state index in [0.717, 1.165) is 16.2 Å². The van der Waals surface area contributed by atoms with E-state index in [4.69, 9.17) is 5.84 Å². The van der Waals surface area contributed by atoms with Crippen LogP contribution < -0.4 is 11.3 Å². The van der Waals surface area contributed by atoms with E-state index in [0.29, 0.717) is 6.42 Å². The highest BCUT2D eigenvalue weighted by Crippen LogP contribution is 2.22. The van der Waals surface area contributed by atoms with Crippen LogP contribution in [0.15, 0.2) is 41.6 Å². The van der Waals surface area contributed by atoms with Crippen LogP contribution in [-0.4, -0.2) is 15.7 Å². The van der Waals surface area contributed by atoms with Gasteiger partial charge in [-0.15, -0.1) is 11.8 Å². The Morgan fingerprint density at radius 3 is 2.63 bits per heavy atom. The zero-order chi connectivity index (χ0) is 13.7. The molecule has 0 atom stereocenters. The van der Waals surface area contributed by atoms with Crippen LogP contribution >= 0.6 is 11.8 Å². The molecule has 100 valence electrons. The van der Waals surface area contributed by atoms with Crippen molar-refractivity contribution in [1.82, 2.24) is 15.2 Å². The molecule has 0 spiro atoms. The Kier molecular flexibility index (Phi) is 4.59. The van der Waals surface area contributed by atoms with Crippen molar-refractivity contribution in [3.8, 4) is 0 Å². The third-order valence-corrected chi connectivity index (χ3v) is 3.66. The first-order valence-electron chi connectivity index (χ1n) is 5.86. The summed E-state index contributed by atoms with van der Waals surface area (Å²) in [5.74, 6) is 5.75. The van der Waals surface area contributed by atoms with E-state index >= 15 is 0 Å². The number of benzene rings is 1. The molecule has 3 N–H and O–H groups in total. The SMILES string of the molecule is Cn1cc(SCc2ccc(CC(=O)NN)cc2)cn1. The second-order valence-corrected chi connectivity index (χ2v) is 5.25. The fraction of sp³-hybridized carbons (Fsp3) is 0.231. The molecular weight excluding hydrogens is 260 g/mol. The number of hydrazine groups is 1. The fourth-order valence-corrected chi connectivity index (χ4v) is 2.50. The third kappa shape index (κ3) is 4.11. The van der Waals surface area contributed by atoms with Crippen molar-refractivity contribution in [3.63, 3.8) is 0 Å². The zero-order valence-corrected chi connectivity index (χ0v) is 11.5. The molecule has 0 aliphatic heterocycles. The van der Waals surface area contributed by atoms with Gasteiger partial charge in [-0.2, -0.15) is 5.10 Å². The Morgan fingerprint density at radius 1 is 1.37 bits per heavy atom. The normalized spacial score (nSPS) is 10.4. The van der Waals surface area contributed by atoms with Gasteiger partial charge >= 0.3 is 0 Å². The van der Waals surface area contributed by atoms with Crippen molar-refractivity contribution in [2.24, 2.45) is 12.9 Å². The molecule has 1 heterocycles. The van der Waals surface area contributed by atoms with Crippen LogP contribution in [0.4, 0.5) is 0 Å². The quantitative estimate of drug-likeness (QED) is 0.373. The van der Waals surface area contributed by atoms with Crippen LogP contribution in [0.1, 0.15) is 11.1 Å². The van der Waals surface area contributed by atoms with Gasteiger partial charge in [0.2, 0.25) is 5.91 Å². The van der Waals surface area contributed by atoms with Crippen molar-refractivity contribution >= 4 is 17.7 Å². The summed E-state index contributed by atoms with van der Waals surface area (Å²) in [6.45, 7) is 0. The van der Waals surface area contributed by atoms with Gasteiger partial charge in [-0.3, -0.25) is 14.9 Å². The fourth-order valence-electron chi connectivity index (χ4n) is 1.63. The molecule has 0 aliphatic carbocycles. The van der Waals surface area contributed by atoms with Gasteiger partial charge in [0.25, 0.3) is 0 Å². The van der Waals surface area contributed by atoms with Gasteiger partial charge in [0, 0.05) is 23.9 Å². The summed E-state index contributed by atoms with van der Waals surface area (Å²) in [6, 6.07) is 7.97. The molecule has 1 aromatic carbocycles. The van der Waals surface area contributed by atoms with Crippen LogP contribution in [-0.2, 0) is 24.0 Å². The Morgan fingerprint density at radius 2 is 2.05 bits per heavy atom. The number of thioether (sulfide) groups is 1. The lowest BCUT2D eigenvalue weighted by atomic mass is 10.1. The average Bonchev–Trinajstić information content (AvgIpc) is 2.83. The van der Waals surface area contributed by atoms with Gasteiger partial charge in [0.05, 0.1) is 12.6 Å². The number of aryl methyl sites for hydroxylation is 1. The van der Waals surface area contributed by atoms with E-state index in [1.54, 1.807) is 16.4 Å². The predicted octanol–water partition coefficient (Wildman–Crippen LogP) is 1.24. The smallest absolute Gasteiger partial charge is 0.238 e. The Balaban J connectivity index is 1.89. The summed E-state index contributed by atoms with van der Waals surface area (Å²) >= 11 is 1.74. The minimum Gasteiger partial charge on any atom is -0.294 e. The summed E-state index contributed by atoms with van der Waals surface area (Å²) in [5.41, 5.74) is 4.29. The number of hydrogen-bond donors (Lipinski definition) is 2. The molecule has 1 amide bonds. The largest absolute Gasteiger partial charge is 0.294 e. The number of nitrogens with zero attached hydrogens (tertiary/aromatic N) is 2. The Labute approximate surface area is 116 Å². The average molecular weight is 276 g/mol. The molecule has 0 aliphatic rings. The second-order valence-electron chi connectivity index (χ2n) is 4.20. The summed E-state index contributed by atoms with van der Waals surface area (Å²) in [6.07, 6.45) is 4.15. The van der Waals surface area contributed by atoms with Crippen LogP contribution in [0.3, 0.4) is 0 Å². The Bertz CT molecular complexity index is 550. The molecule has 6 heteroatoms. The van der Waals surface area contributed by atoms with Gasteiger partial charge < -0.3 is 0 Å². The first-order chi connectivity index (χ1) is 9.17. The summed E-state index contributed by atoms with van der Waals surface area (Å²) in [7, 11) is 1.90. The van der Waals surface area contributed by atoms with E-state index in [1.165, 1.54) is 5.56 Å². The van der Waals surface area contributed by atoms with Crippen molar-refractivity contribution in [1.29, 1.82) is 0 Å². The molecule has 1 aromatic heterocycles. The number of rotatable bonds is 5. The highest BCUT2D eigenvalue weighted by molar-refractivity contribution is 7.98. The summed E-state index contributed by atoms with van der Waals surface area (Å²) in [5, 5.41) is 4.12. The van der Waals surface area contributed by atoms with Crippen molar-refractivity contribution in [2.75, 3.05) is 0 Å². The molecule has 0 fully saturated rings. The maximum absolute atomic E-state index is 11.1. The second kappa shape index (κ2) is 6.40. The molecule has 19 heavy (non-hydrogen) atoms. The number of nitrogens with one attached hydrogen (secondary N) is 1. The van der Waals surface area contributed by atoms with E-state index in [-0.39, 0.29) is 5.91 Å². The van der Waals surface area contributed by atoms with E-state index < -0.39 is 0 Å². The van der Waals surface area contributed by atoms with Gasteiger partial charge in [0.15, 0.2) is 0 Å². The van der Waals surface area contributed by atoms with Crippen LogP contribution in [0.25, 0.3) is 0 Å². The van der Waals surface area contributed by atoms with Gasteiger partial charge in [-0.25, -0.2) is 5.84 Å². The number of nitrogens with two attached hydrogens (primary N) is 1. The number of hydrogen-bond acceptors (Lipinski definition) is 4. The van der Waals surface area contributed by atoms with Crippen molar-refractivity contribution < 1.29 is 4.79 Å². The minimum atomic E-state index is -0.183. The third-order valence-electron chi connectivity index (χ3n) is 2.64. The van der Waals surface area contributed by atoms with Gasteiger partial charge in [0.1, 0.15) is 0 Å². The van der Waals surface area contributed by atoms with Crippen molar-refractivity contribution in [2.45, 2.75) is 17.1 Å². The number of aromatic nitrogens is 2. The molecule has 0 saturated carbocycles.